The molecule has 1 aromatic carbocycles. The first-order chi connectivity index (χ1) is 17.2. The highest BCUT2D eigenvalue weighted by molar-refractivity contribution is 5.76. The number of carbonyl (C=O) groups is 1. The molecule has 2 aliphatic rings. The van der Waals surface area contributed by atoms with E-state index in [1.165, 1.54) is 15.8 Å². The Labute approximate surface area is 200 Å². The molecule has 0 spiro atoms. The molecule has 1 aliphatic heterocycles. The van der Waals surface area contributed by atoms with Crippen molar-refractivity contribution in [3.8, 4) is 17.2 Å². The van der Waals surface area contributed by atoms with E-state index in [4.69, 9.17) is 0 Å². The van der Waals surface area contributed by atoms with Crippen molar-refractivity contribution >= 4 is 11.9 Å². The second-order valence-electron chi connectivity index (χ2n) is 8.80. The Kier molecular flexibility index (Phi) is 5.18. The molecule has 2 N–H and O–H groups in total. The minimum atomic E-state index is -0.0921. The highest BCUT2D eigenvalue weighted by Gasteiger charge is 2.25. The molecular weight excluding hydrogens is 444 g/mol. The molecule has 11 nitrogen and oxygen atoms in total. The number of carbonyl (C=O) groups excluding carboxylic acids is 1. The maximum Gasteiger partial charge on any atom is 0.244 e. The highest BCUT2D eigenvalue weighted by atomic mass is 16.2. The normalized spacial score (nSPS) is 14.9. The number of nitrogens with one attached hydrogen (secondary N) is 2. The molecule has 11 heteroatoms. The van der Waals surface area contributed by atoms with Crippen LogP contribution in [0.3, 0.4) is 0 Å². The van der Waals surface area contributed by atoms with Crippen molar-refractivity contribution in [1.82, 2.24) is 40.1 Å². The third kappa shape index (κ3) is 4.10. The van der Waals surface area contributed by atoms with Gasteiger partial charge in [-0.1, -0.05) is 24.3 Å². The molecule has 0 radical (unpaired) electrons. The van der Waals surface area contributed by atoms with Crippen LogP contribution in [-0.2, 0) is 37.1 Å². The van der Waals surface area contributed by atoms with E-state index in [0.717, 1.165) is 24.2 Å². The smallest absolute Gasteiger partial charge is 0.244 e. The minimum absolute atomic E-state index is 0.0323. The number of nitriles is 1. The number of benzene rings is 1. The first-order valence-electron chi connectivity index (χ1n) is 11.5. The van der Waals surface area contributed by atoms with Crippen LogP contribution >= 0.6 is 0 Å². The van der Waals surface area contributed by atoms with Gasteiger partial charge in [-0.3, -0.25) is 9.48 Å². The molecule has 0 fully saturated rings. The summed E-state index contributed by atoms with van der Waals surface area (Å²) in [6, 6.07) is 10.8. The van der Waals surface area contributed by atoms with Crippen molar-refractivity contribution in [1.29, 1.82) is 5.26 Å². The van der Waals surface area contributed by atoms with Crippen molar-refractivity contribution in [3.05, 3.63) is 71.1 Å². The number of rotatable bonds is 5. The van der Waals surface area contributed by atoms with Crippen molar-refractivity contribution < 1.29 is 4.79 Å². The van der Waals surface area contributed by atoms with E-state index in [9.17, 15) is 10.1 Å². The Bertz CT molecular complexity index is 1410. The third-order valence-electron chi connectivity index (χ3n) is 6.53. The van der Waals surface area contributed by atoms with Gasteiger partial charge in [0, 0.05) is 48.7 Å². The molecule has 174 valence electrons. The topological polar surface area (TPSA) is 141 Å². The van der Waals surface area contributed by atoms with Crippen LogP contribution in [0.1, 0.15) is 28.2 Å². The van der Waals surface area contributed by atoms with Gasteiger partial charge < -0.3 is 10.2 Å². The first kappa shape index (κ1) is 21.0. The van der Waals surface area contributed by atoms with Crippen molar-refractivity contribution in [2.24, 2.45) is 0 Å². The zero-order valence-corrected chi connectivity index (χ0v) is 18.8. The second-order valence-corrected chi connectivity index (χ2v) is 8.80. The number of aromatic nitrogens is 7. The number of aromatic amines is 1. The summed E-state index contributed by atoms with van der Waals surface area (Å²) in [6.45, 7) is 1.02. The van der Waals surface area contributed by atoms with E-state index in [1.54, 1.807) is 23.5 Å². The number of hydrogen-bond acceptors (Lipinski definition) is 8. The van der Waals surface area contributed by atoms with E-state index >= 15 is 0 Å². The number of nitrogens with zero attached hydrogens (tertiary/aromatic N) is 8. The van der Waals surface area contributed by atoms with Gasteiger partial charge in [-0.05, 0) is 24.0 Å². The van der Waals surface area contributed by atoms with E-state index in [-0.39, 0.29) is 24.2 Å². The molecule has 35 heavy (non-hydrogen) atoms. The van der Waals surface area contributed by atoms with Crippen LogP contribution in [0.25, 0.3) is 11.1 Å². The fourth-order valence-electron chi connectivity index (χ4n) is 4.74. The molecule has 3 aromatic heterocycles. The number of hydrogen-bond donors (Lipinski definition) is 2. The molecule has 4 aromatic rings. The first-order valence-corrected chi connectivity index (χ1v) is 11.5. The standard InChI is InChI=1S/C24H22N10O/c25-9-21-19(12-34(31-21)14-23(35)33-6-5-20-22(13-33)30-32-29-20)17-10-26-24(27-11-17)28-18-7-15-3-1-2-4-16(15)8-18/h1-4,10-12,18H,5-8,13-14H2,(H,26,27,28)(H,29,30,32). The van der Waals surface area contributed by atoms with Crippen molar-refractivity contribution in [2.75, 3.05) is 11.9 Å². The minimum Gasteiger partial charge on any atom is -0.351 e. The van der Waals surface area contributed by atoms with Crippen LogP contribution in [0.5, 0.6) is 0 Å². The Morgan fingerprint density at radius 2 is 1.89 bits per heavy atom. The molecule has 0 bridgehead atoms. The summed E-state index contributed by atoms with van der Waals surface area (Å²) >= 11 is 0. The Morgan fingerprint density at radius 1 is 1.14 bits per heavy atom. The van der Waals surface area contributed by atoms with E-state index in [1.807, 2.05) is 0 Å². The van der Waals surface area contributed by atoms with Crippen LogP contribution < -0.4 is 5.32 Å². The molecular formula is C24H22N10O. The largest absolute Gasteiger partial charge is 0.351 e. The summed E-state index contributed by atoms with van der Waals surface area (Å²) in [5.74, 6) is 0.454. The molecule has 1 aliphatic carbocycles. The second kappa shape index (κ2) is 8.64. The Balaban J connectivity index is 1.13. The van der Waals surface area contributed by atoms with E-state index in [2.05, 4.69) is 66.1 Å². The molecule has 0 unspecified atom stereocenters. The van der Waals surface area contributed by atoms with Gasteiger partial charge in [0.15, 0.2) is 5.69 Å². The Morgan fingerprint density at radius 3 is 2.63 bits per heavy atom. The Hall–Kier alpha value is -4.59. The summed E-state index contributed by atoms with van der Waals surface area (Å²) < 4.78 is 1.50. The zero-order valence-electron chi connectivity index (χ0n) is 18.8. The number of H-pyrrole nitrogens is 1. The van der Waals surface area contributed by atoms with Gasteiger partial charge >= 0.3 is 0 Å². The van der Waals surface area contributed by atoms with Crippen molar-refractivity contribution in [3.63, 3.8) is 0 Å². The van der Waals surface area contributed by atoms with Gasteiger partial charge in [-0.25, -0.2) is 9.97 Å². The molecule has 0 saturated heterocycles. The van der Waals surface area contributed by atoms with E-state index in [0.29, 0.717) is 36.6 Å². The fourth-order valence-corrected chi connectivity index (χ4v) is 4.74. The van der Waals surface area contributed by atoms with Gasteiger partial charge in [-0.15, -0.1) is 0 Å². The van der Waals surface area contributed by atoms with Crippen LogP contribution in [0.2, 0.25) is 0 Å². The SMILES string of the molecule is N#Cc1nn(CC(=O)N2CCc3n[nH]nc3C2)cc1-c1cnc(NC2Cc3ccccc3C2)nc1. The van der Waals surface area contributed by atoms with Gasteiger partial charge in [0.25, 0.3) is 0 Å². The maximum absolute atomic E-state index is 12.8. The summed E-state index contributed by atoms with van der Waals surface area (Å²) in [5, 5.41) is 28.1. The summed E-state index contributed by atoms with van der Waals surface area (Å²) in [6.07, 6.45) is 7.60. The quantitative estimate of drug-likeness (QED) is 0.451. The van der Waals surface area contributed by atoms with Gasteiger partial charge in [0.1, 0.15) is 18.3 Å². The fraction of sp³-hybridized carbons (Fsp3) is 0.292. The predicted octanol–water partition coefficient (Wildman–Crippen LogP) is 1.49. The third-order valence-corrected chi connectivity index (χ3v) is 6.53. The van der Waals surface area contributed by atoms with Crippen LogP contribution in [-0.4, -0.2) is 58.6 Å². The summed E-state index contributed by atoms with van der Waals surface area (Å²) in [5.41, 5.74) is 5.89. The average molecular weight is 467 g/mol. The molecule has 0 atom stereocenters. The van der Waals surface area contributed by atoms with Gasteiger partial charge in [0.2, 0.25) is 11.9 Å². The van der Waals surface area contributed by atoms with Crippen molar-refractivity contribution in [2.45, 2.75) is 38.4 Å². The number of fused-ring (bicyclic) bond motifs is 2. The maximum atomic E-state index is 12.8. The average Bonchev–Trinajstić information content (AvgIpc) is 3.61. The molecule has 6 rings (SSSR count). The van der Waals surface area contributed by atoms with E-state index < -0.39 is 0 Å². The zero-order chi connectivity index (χ0) is 23.8. The predicted molar refractivity (Wildman–Crippen MR) is 125 cm³/mol. The molecule has 4 heterocycles. The lowest BCUT2D eigenvalue weighted by atomic mass is 10.1. The summed E-state index contributed by atoms with van der Waals surface area (Å²) in [7, 11) is 0. The van der Waals surface area contributed by atoms with Crippen LogP contribution in [0.4, 0.5) is 5.95 Å². The lowest BCUT2D eigenvalue weighted by Gasteiger charge is -2.25. The van der Waals surface area contributed by atoms with Crippen LogP contribution in [0, 0.1) is 11.3 Å². The van der Waals surface area contributed by atoms with Crippen LogP contribution in [0.15, 0.2) is 42.9 Å². The molecule has 0 saturated carbocycles. The lowest BCUT2D eigenvalue weighted by Crippen LogP contribution is -2.38. The number of anilines is 1. The molecule has 1 amide bonds. The summed E-state index contributed by atoms with van der Waals surface area (Å²) in [4.78, 5) is 23.5. The number of amides is 1. The highest BCUT2D eigenvalue weighted by Crippen LogP contribution is 2.25. The monoisotopic (exact) mass is 466 g/mol. The lowest BCUT2D eigenvalue weighted by molar-refractivity contribution is -0.133. The van der Waals surface area contributed by atoms with Gasteiger partial charge in [-0.2, -0.15) is 25.8 Å². The van der Waals surface area contributed by atoms with Gasteiger partial charge in [0.05, 0.1) is 12.2 Å².